The Kier molecular flexibility index (Phi) is 5.08. The standard InChI is InChI=1S/C29H24N2O/c1-3-32-26-19-20-28-27(21-26)22(2)30-31(28)29(23-13-7-4-8-14-23,24-15-9-5-10-16-24)25-17-11-6-12-18-25/h3-21H,1H2,2H3. The Morgan fingerprint density at radius 2 is 1.25 bits per heavy atom. The summed E-state index contributed by atoms with van der Waals surface area (Å²) in [5, 5.41) is 6.18. The van der Waals surface area contributed by atoms with Crippen LogP contribution in [0.2, 0.25) is 0 Å². The fourth-order valence-corrected chi connectivity index (χ4v) is 4.58. The minimum atomic E-state index is -0.642. The molecule has 0 fully saturated rings. The molecule has 1 aromatic heterocycles. The summed E-state index contributed by atoms with van der Waals surface area (Å²) in [4.78, 5) is 0. The van der Waals surface area contributed by atoms with Crippen molar-refractivity contribution in [1.29, 1.82) is 0 Å². The van der Waals surface area contributed by atoms with Gasteiger partial charge in [-0.05, 0) is 41.8 Å². The third-order valence-electron chi connectivity index (χ3n) is 5.95. The molecule has 0 radical (unpaired) electrons. The molecule has 0 saturated heterocycles. The lowest BCUT2D eigenvalue weighted by Gasteiger charge is -2.37. The van der Waals surface area contributed by atoms with Crippen molar-refractivity contribution in [3.8, 4) is 5.75 Å². The van der Waals surface area contributed by atoms with Gasteiger partial charge in [-0.2, -0.15) is 5.10 Å². The van der Waals surface area contributed by atoms with Crippen molar-refractivity contribution in [3.05, 3.63) is 144 Å². The van der Waals surface area contributed by atoms with Gasteiger partial charge in [0, 0.05) is 5.39 Å². The number of nitrogens with zero attached hydrogens (tertiary/aromatic N) is 2. The molecule has 156 valence electrons. The second-order valence-corrected chi connectivity index (χ2v) is 7.77. The summed E-state index contributed by atoms with van der Waals surface area (Å²) in [6, 6.07) is 37.8. The van der Waals surface area contributed by atoms with E-state index in [1.54, 1.807) is 0 Å². The van der Waals surface area contributed by atoms with E-state index in [0.29, 0.717) is 0 Å². The van der Waals surface area contributed by atoms with Crippen molar-refractivity contribution in [2.24, 2.45) is 0 Å². The zero-order chi connectivity index (χ0) is 22.0. The molecule has 32 heavy (non-hydrogen) atoms. The molecule has 1 heterocycles. The van der Waals surface area contributed by atoms with Crippen LogP contribution in [0.3, 0.4) is 0 Å². The first kappa shape index (κ1) is 19.8. The van der Waals surface area contributed by atoms with E-state index < -0.39 is 5.54 Å². The Labute approximate surface area is 188 Å². The van der Waals surface area contributed by atoms with E-state index in [0.717, 1.165) is 39.0 Å². The van der Waals surface area contributed by atoms with Crippen LogP contribution in [0.5, 0.6) is 5.75 Å². The number of ether oxygens (including phenoxy) is 1. The van der Waals surface area contributed by atoms with E-state index >= 15 is 0 Å². The fourth-order valence-electron chi connectivity index (χ4n) is 4.58. The van der Waals surface area contributed by atoms with Gasteiger partial charge in [-0.3, -0.25) is 0 Å². The van der Waals surface area contributed by atoms with E-state index in [1.807, 2.05) is 19.1 Å². The molecule has 5 aromatic rings. The van der Waals surface area contributed by atoms with Crippen molar-refractivity contribution in [3.63, 3.8) is 0 Å². The van der Waals surface area contributed by atoms with Crippen LogP contribution in [0, 0.1) is 6.92 Å². The quantitative estimate of drug-likeness (QED) is 0.227. The summed E-state index contributed by atoms with van der Waals surface area (Å²) >= 11 is 0. The third kappa shape index (κ3) is 3.10. The molecule has 0 bridgehead atoms. The van der Waals surface area contributed by atoms with Gasteiger partial charge in [0.25, 0.3) is 0 Å². The van der Waals surface area contributed by atoms with Crippen molar-refractivity contribution in [1.82, 2.24) is 9.78 Å². The van der Waals surface area contributed by atoms with E-state index in [9.17, 15) is 0 Å². The number of benzene rings is 4. The van der Waals surface area contributed by atoms with E-state index in [2.05, 4.69) is 108 Å². The molecule has 3 heteroatoms. The zero-order valence-corrected chi connectivity index (χ0v) is 18.0. The van der Waals surface area contributed by atoms with Crippen molar-refractivity contribution in [2.75, 3.05) is 0 Å². The van der Waals surface area contributed by atoms with Gasteiger partial charge in [0.05, 0.1) is 17.5 Å². The van der Waals surface area contributed by atoms with Gasteiger partial charge in [0.15, 0.2) is 0 Å². The summed E-state index contributed by atoms with van der Waals surface area (Å²) in [6.07, 6.45) is 1.45. The predicted molar refractivity (Wildman–Crippen MR) is 130 cm³/mol. The highest BCUT2D eigenvalue weighted by molar-refractivity contribution is 5.84. The van der Waals surface area contributed by atoms with Gasteiger partial charge in [-0.15, -0.1) is 0 Å². The van der Waals surface area contributed by atoms with Crippen LogP contribution in [0.15, 0.2) is 122 Å². The molecule has 0 atom stereocenters. The second-order valence-electron chi connectivity index (χ2n) is 7.77. The van der Waals surface area contributed by atoms with E-state index in [1.165, 1.54) is 6.26 Å². The van der Waals surface area contributed by atoms with Crippen LogP contribution >= 0.6 is 0 Å². The molecular weight excluding hydrogens is 392 g/mol. The molecule has 3 nitrogen and oxygen atoms in total. The highest BCUT2D eigenvalue weighted by Gasteiger charge is 2.40. The van der Waals surface area contributed by atoms with Gasteiger partial charge in [0.2, 0.25) is 0 Å². The minimum Gasteiger partial charge on any atom is -0.466 e. The molecule has 0 amide bonds. The number of rotatable bonds is 6. The van der Waals surface area contributed by atoms with E-state index in [4.69, 9.17) is 9.84 Å². The topological polar surface area (TPSA) is 27.1 Å². The van der Waals surface area contributed by atoms with Gasteiger partial charge >= 0.3 is 0 Å². The summed E-state index contributed by atoms with van der Waals surface area (Å²) in [7, 11) is 0. The first-order chi connectivity index (χ1) is 15.7. The molecule has 5 rings (SSSR count). The molecular formula is C29H24N2O. The largest absolute Gasteiger partial charge is 0.466 e. The number of fused-ring (bicyclic) bond motifs is 1. The van der Waals surface area contributed by atoms with Gasteiger partial charge < -0.3 is 4.74 Å². The van der Waals surface area contributed by atoms with Gasteiger partial charge in [-0.25, -0.2) is 4.68 Å². The molecule has 0 aliphatic carbocycles. The molecule has 0 spiro atoms. The van der Waals surface area contributed by atoms with Crippen LogP contribution < -0.4 is 4.74 Å². The van der Waals surface area contributed by atoms with Crippen LogP contribution in [-0.4, -0.2) is 9.78 Å². The first-order valence-corrected chi connectivity index (χ1v) is 10.7. The molecule has 0 N–H and O–H groups in total. The Bertz CT molecular complexity index is 1260. The summed E-state index contributed by atoms with van der Waals surface area (Å²) < 4.78 is 7.71. The highest BCUT2D eigenvalue weighted by Crippen LogP contribution is 2.42. The van der Waals surface area contributed by atoms with Crippen molar-refractivity contribution in [2.45, 2.75) is 12.5 Å². The summed E-state index contributed by atoms with van der Waals surface area (Å²) in [6.45, 7) is 5.72. The summed E-state index contributed by atoms with van der Waals surface area (Å²) in [5.74, 6) is 0.750. The lowest BCUT2D eigenvalue weighted by molar-refractivity contribution is 0.472. The zero-order valence-electron chi connectivity index (χ0n) is 18.0. The molecule has 0 saturated carbocycles. The van der Waals surface area contributed by atoms with Gasteiger partial charge in [0.1, 0.15) is 11.3 Å². The Balaban J connectivity index is 1.93. The Hall–Kier alpha value is -4.11. The lowest BCUT2D eigenvalue weighted by atomic mass is 9.77. The smallest absolute Gasteiger partial charge is 0.138 e. The SMILES string of the molecule is C=COc1ccc2c(c1)c(C)nn2C(c1ccccc1)(c1ccccc1)c1ccccc1. The molecule has 0 aliphatic rings. The summed E-state index contributed by atoms with van der Waals surface area (Å²) in [5.41, 5.74) is 4.78. The van der Waals surface area contributed by atoms with Crippen molar-refractivity contribution >= 4 is 10.9 Å². The Morgan fingerprint density at radius 3 is 1.72 bits per heavy atom. The maximum absolute atomic E-state index is 5.54. The van der Waals surface area contributed by atoms with E-state index in [-0.39, 0.29) is 0 Å². The predicted octanol–water partition coefficient (Wildman–Crippen LogP) is 6.71. The molecule has 0 unspecified atom stereocenters. The van der Waals surface area contributed by atoms with Crippen molar-refractivity contribution < 1.29 is 4.74 Å². The number of aromatic nitrogens is 2. The number of hydrogen-bond donors (Lipinski definition) is 0. The number of aryl methyl sites for hydroxylation is 1. The first-order valence-electron chi connectivity index (χ1n) is 10.7. The normalized spacial score (nSPS) is 11.4. The molecule has 0 aliphatic heterocycles. The lowest BCUT2D eigenvalue weighted by Crippen LogP contribution is -2.38. The Morgan fingerprint density at radius 1 is 0.750 bits per heavy atom. The minimum absolute atomic E-state index is 0.642. The van der Waals surface area contributed by atoms with Gasteiger partial charge in [-0.1, -0.05) is 97.6 Å². The highest BCUT2D eigenvalue weighted by atomic mass is 16.5. The molecule has 4 aromatic carbocycles. The maximum Gasteiger partial charge on any atom is 0.138 e. The monoisotopic (exact) mass is 416 g/mol. The fraction of sp³-hybridized carbons (Fsp3) is 0.0690. The van der Waals surface area contributed by atoms with Crippen LogP contribution in [0.4, 0.5) is 0 Å². The van der Waals surface area contributed by atoms with Crippen LogP contribution in [0.1, 0.15) is 22.4 Å². The average molecular weight is 417 g/mol. The van der Waals surface area contributed by atoms with Crippen LogP contribution in [0.25, 0.3) is 10.9 Å². The third-order valence-corrected chi connectivity index (χ3v) is 5.95. The number of hydrogen-bond acceptors (Lipinski definition) is 2. The maximum atomic E-state index is 5.54. The second kappa shape index (κ2) is 8.20. The average Bonchev–Trinajstić information content (AvgIpc) is 3.18. The van der Waals surface area contributed by atoms with Crippen LogP contribution in [-0.2, 0) is 5.54 Å².